The quantitative estimate of drug-likeness (QED) is 0.768. The van der Waals surface area contributed by atoms with Crippen LogP contribution in [0.25, 0.3) is 10.8 Å². The Balaban J connectivity index is 2.26. The molecule has 0 aromatic heterocycles. The molecule has 1 fully saturated rings. The minimum Gasteiger partial charge on any atom is -0.321 e. The highest BCUT2D eigenvalue weighted by Crippen LogP contribution is 2.61. The first-order valence-electron chi connectivity index (χ1n) is 5.82. The van der Waals surface area contributed by atoms with Gasteiger partial charge in [0.05, 0.1) is 0 Å². The highest BCUT2D eigenvalue weighted by atomic mass is 14.9. The molecule has 1 aliphatic carbocycles. The number of nitrogens with two attached hydrogens (primary N) is 1. The molecule has 1 saturated carbocycles. The lowest BCUT2D eigenvalue weighted by Crippen LogP contribution is -2.25. The summed E-state index contributed by atoms with van der Waals surface area (Å²) in [5, 5.41) is 2.59. The van der Waals surface area contributed by atoms with Gasteiger partial charge < -0.3 is 5.73 Å². The molecule has 1 aliphatic rings. The van der Waals surface area contributed by atoms with E-state index in [1.54, 1.807) is 0 Å². The van der Waals surface area contributed by atoms with E-state index in [4.69, 9.17) is 5.73 Å². The zero-order chi connectivity index (χ0) is 11.4. The molecule has 16 heavy (non-hydrogen) atoms. The first-order valence-corrected chi connectivity index (χ1v) is 5.82. The minimum atomic E-state index is -0.131. The van der Waals surface area contributed by atoms with Crippen molar-refractivity contribution in [2.24, 2.45) is 11.1 Å². The maximum Gasteiger partial charge on any atom is 0.0474 e. The fraction of sp³-hybridized carbons (Fsp3) is 0.333. The van der Waals surface area contributed by atoms with E-state index in [0.29, 0.717) is 0 Å². The van der Waals surface area contributed by atoms with Crippen LogP contribution in [0.2, 0.25) is 0 Å². The van der Waals surface area contributed by atoms with Crippen LogP contribution in [0.3, 0.4) is 0 Å². The van der Waals surface area contributed by atoms with E-state index in [2.05, 4.69) is 56.3 Å². The Morgan fingerprint density at radius 2 is 1.62 bits per heavy atom. The van der Waals surface area contributed by atoms with Crippen molar-refractivity contribution in [3.05, 3.63) is 48.0 Å². The summed E-state index contributed by atoms with van der Waals surface area (Å²) in [5.41, 5.74) is 7.92. The summed E-state index contributed by atoms with van der Waals surface area (Å²) in [6.07, 6.45) is 1.08. The van der Waals surface area contributed by atoms with Gasteiger partial charge in [0.2, 0.25) is 0 Å². The number of benzene rings is 2. The van der Waals surface area contributed by atoms with Crippen LogP contribution in [0, 0.1) is 5.41 Å². The second-order valence-corrected chi connectivity index (χ2v) is 5.56. The van der Waals surface area contributed by atoms with Gasteiger partial charge in [0.15, 0.2) is 0 Å². The van der Waals surface area contributed by atoms with Crippen molar-refractivity contribution in [2.75, 3.05) is 0 Å². The number of fused-ring (bicyclic) bond motifs is 1. The van der Waals surface area contributed by atoms with Crippen LogP contribution in [0.4, 0.5) is 0 Å². The molecular formula is C15H17N. The zero-order valence-corrected chi connectivity index (χ0v) is 9.83. The lowest BCUT2D eigenvalue weighted by atomic mass is 9.92. The molecule has 1 nitrogen and oxygen atoms in total. The number of rotatable bonds is 1. The summed E-state index contributed by atoms with van der Waals surface area (Å²) in [6, 6.07) is 14.9. The van der Waals surface area contributed by atoms with E-state index in [-0.39, 0.29) is 11.0 Å². The molecule has 82 valence electrons. The van der Waals surface area contributed by atoms with Crippen LogP contribution in [0.15, 0.2) is 42.5 Å². The Hall–Kier alpha value is -1.34. The van der Waals surface area contributed by atoms with E-state index in [0.717, 1.165) is 6.42 Å². The lowest BCUT2D eigenvalue weighted by Gasteiger charge is -2.17. The van der Waals surface area contributed by atoms with Crippen molar-refractivity contribution in [1.82, 2.24) is 0 Å². The Morgan fingerprint density at radius 1 is 1.00 bits per heavy atom. The first-order chi connectivity index (χ1) is 7.55. The van der Waals surface area contributed by atoms with Crippen LogP contribution < -0.4 is 5.73 Å². The van der Waals surface area contributed by atoms with E-state index in [1.165, 1.54) is 16.3 Å². The van der Waals surface area contributed by atoms with Gasteiger partial charge in [-0.2, -0.15) is 0 Å². The third-order valence-electron chi connectivity index (χ3n) is 4.07. The Bertz CT molecular complexity index is 551. The minimum absolute atomic E-state index is 0.131. The van der Waals surface area contributed by atoms with Gasteiger partial charge >= 0.3 is 0 Å². The van der Waals surface area contributed by atoms with Gasteiger partial charge in [-0.3, -0.25) is 0 Å². The molecule has 1 atom stereocenters. The highest BCUT2D eigenvalue weighted by Gasteiger charge is 2.59. The average Bonchev–Trinajstić information content (AvgIpc) is 2.78. The van der Waals surface area contributed by atoms with E-state index in [1.807, 2.05) is 0 Å². The number of hydrogen-bond donors (Lipinski definition) is 1. The maximum absolute atomic E-state index is 6.51. The van der Waals surface area contributed by atoms with Crippen molar-refractivity contribution in [1.29, 1.82) is 0 Å². The maximum atomic E-state index is 6.51. The molecule has 2 aromatic carbocycles. The van der Waals surface area contributed by atoms with Crippen LogP contribution in [-0.2, 0) is 5.54 Å². The lowest BCUT2D eigenvalue weighted by molar-refractivity contribution is 0.513. The molecule has 1 heteroatoms. The summed E-state index contributed by atoms with van der Waals surface area (Å²) < 4.78 is 0. The van der Waals surface area contributed by atoms with Crippen LogP contribution in [0.5, 0.6) is 0 Å². The first kappa shape index (κ1) is 9.86. The topological polar surface area (TPSA) is 26.0 Å². The monoisotopic (exact) mass is 211 g/mol. The fourth-order valence-electron chi connectivity index (χ4n) is 2.73. The molecule has 2 N–H and O–H groups in total. The average molecular weight is 211 g/mol. The molecule has 0 saturated heterocycles. The zero-order valence-electron chi connectivity index (χ0n) is 9.83. The molecular weight excluding hydrogens is 194 g/mol. The predicted molar refractivity (Wildman–Crippen MR) is 68.2 cm³/mol. The fourth-order valence-corrected chi connectivity index (χ4v) is 2.73. The van der Waals surface area contributed by atoms with Crippen molar-refractivity contribution in [3.63, 3.8) is 0 Å². The molecule has 0 aliphatic heterocycles. The Labute approximate surface area is 96.3 Å². The smallest absolute Gasteiger partial charge is 0.0474 e. The summed E-state index contributed by atoms with van der Waals surface area (Å²) in [7, 11) is 0. The standard InChI is InChI=1S/C15H17N/c1-14(2)10-15(14,16)13-9-5-7-11-6-3-4-8-12(11)13/h3-9H,10,16H2,1-2H3. The molecule has 0 radical (unpaired) electrons. The van der Waals surface area contributed by atoms with Gasteiger partial charge in [-0.1, -0.05) is 56.3 Å². The van der Waals surface area contributed by atoms with Gasteiger partial charge in [0, 0.05) is 5.54 Å². The van der Waals surface area contributed by atoms with Gasteiger partial charge in [-0.25, -0.2) is 0 Å². The highest BCUT2D eigenvalue weighted by molar-refractivity contribution is 5.87. The molecule has 0 spiro atoms. The summed E-state index contributed by atoms with van der Waals surface area (Å²) in [5.74, 6) is 0. The Kier molecular flexibility index (Phi) is 1.76. The largest absolute Gasteiger partial charge is 0.321 e. The van der Waals surface area contributed by atoms with Crippen molar-refractivity contribution < 1.29 is 0 Å². The van der Waals surface area contributed by atoms with E-state index in [9.17, 15) is 0 Å². The van der Waals surface area contributed by atoms with Crippen molar-refractivity contribution in [3.8, 4) is 0 Å². The summed E-state index contributed by atoms with van der Waals surface area (Å²) >= 11 is 0. The van der Waals surface area contributed by atoms with E-state index >= 15 is 0 Å². The summed E-state index contributed by atoms with van der Waals surface area (Å²) in [6.45, 7) is 4.49. The summed E-state index contributed by atoms with van der Waals surface area (Å²) in [4.78, 5) is 0. The van der Waals surface area contributed by atoms with Crippen LogP contribution in [0.1, 0.15) is 25.8 Å². The number of hydrogen-bond acceptors (Lipinski definition) is 1. The molecule has 0 heterocycles. The van der Waals surface area contributed by atoms with Crippen molar-refractivity contribution in [2.45, 2.75) is 25.8 Å². The molecule has 0 bridgehead atoms. The Morgan fingerprint density at radius 3 is 2.31 bits per heavy atom. The van der Waals surface area contributed by atoms with Gasteiger partial charge in [-0.05, 0) is 28.2 Å². The SMILES string of the molecule is CC1(C)CC1(N)c1cccc2ccccc12. The molecule has 2 aromatic rings. The van der Waals surface area contributed by atoms with Gasteiger partial charge in [-0.15, -0.1) is 0 Å². The van der Waals surface area contributed by atoms with Crippen LogP contribution in [-0.4, -0.2) is 0 Å². The molecule has 1 unspecified atom stereocenters. The van der Waals surface area contributed by atoms with Crippen molar-refractivity contribution >= 4 is 10.8 Å². The molecule has 3 rings (SSSR count). The van der Waals surface area contributed by atoms with Gasteiger partial charge in [0.25, 0.3) is 0 Å². The van der Waals surface area contributed by atoms with E-state index < -0.39 is 0 Å². The predicted octanol–water partition coefficient (Wildman–Crippen LogP) is 3.42. The van der Waals surface area contributed by atoms with Crippen LogP contribution >= 0.6 is 0 Å². The molecule has 0 amide bonds. The third-order valence-corrected chi connectivity index (χ3v) is 4.07. The second-order valence-electron chi connectivity index (χ2n) is 5.56. The third kappa shape index (κ3) is 1.15. The second kappa shape index (κ2) is 2.86. The normalized spacial score (nSPS) is 26.9. The van der Waals surface area contributed by atoms with Gasteiger partial charge in [0.1, 0.15) is 0 Å².